The summed E-state index contributed by atoms with van der Waals surface area (Å²) in [4.78, 5) is 16.4. The highest BCUT2D eigenvalue weighted by Gasteiger charge is 2.11. The van der Waals surface area contributed by atoms with Crippen molar-refractivity contribution >= 4 is 74.0 Å². The number of nitrogens with zero attached hydrogens (tertiary/aromatic N) is 5. The number of hydrazone groups is 1. The zero-order valence-electron chi connectivity index (χ0n) is 17.3. The summed E-state index contributed by atoms with van der Waals surface area (Å²) in [7, 11) is 0. The van der Waals surface area contributed by atoms with Crippen LogP contribution in [-0.2, 0) is 10.5 Å². The number of hydrogen-bond donors (Lipinski definition) is 4. The lowest BCUT2D eigenvalue weighted by Crippen LogP contribution is -2.13. The summed E-state index contributed by atoms with van der Waals surface area (Å²) in [5, 5.41) is 32.1. The third-order valence-corrected chi connectivity index (χ3v) is 7.40. The molecule has 0 unspecified atom stereocenters. The van der Waals surface area contributed by atoms with Gasteiger partial charge in [-0.3, -0.25) is 10.1 Å². The Hall–Kier alpha value is -2.94. The summed E-state index contributed by atoms with van der Waals surface area (Å²) in [6.45, 7) is 0. The normalized spacial score (nSPS) is 11.1. The van der Waals surface area contributed by atoms with Crippen LogP contribution in [0.15, 0.2) is 67.6 Å². The Morgan fingerprint density at radius 2 is 2.09 bits per heavy atom. The van der Waals surface area contributed by atoms with Gasteiger partial charge in [-0.25, -0.2) is 10.5 Å². The van der Waals surface area contributed by atoms with Crippen molar-refractivity contribution in [2.75, 3.05) is 16.5 Å². The molecule has 0 aliphatic rings. The number of benzene rings is 2. The van der Waals surface area contributed by atoms with E-state index in [0.717, 1.165) is 14.6 Å². The molecule has 10 nitrogen and oxygen atoms in total. The Labute approximate surface area is 215 Å². The maximum absolute atomic E-state index is 12.2. The fourth-order valence-electron chi connectivity index (χ4n) is 2.50. The molecule has 0 saturated carbocycles. The number of aromatic nitrogens is 5. The number of carbonyl (C=O) groups excluding carboxylic acids is 1. The molecule has 0 atom stereocenters. The van der Waals surface area contributed by atoms with E-state index < -0.39 is 0 Å². The first-order chi connectivity index (χ1) is 16.5. The van der Waals surface area contributed by atoms with E-state index in [1.165, 1.54) is 34.9 Å². The number of halogens is 1. The van der Waals surface area contributed by atoms with Gasteiger partial charge in [0.2, 0.25) is 22.1 Å². The fourth-order valence-corrected chi connectivity index (χ4v) is 5.25. The third-order valence-electron chi connectivity index (χ3n) is 4.01. The average molecular weight is 578 g/mol. The Kier molecular flexibility index (Phi) is 8.51. The van der Waals surface area contributed by atoms with E-state index in [2.05, 4.69) is 63.2 Å². The van der Waals surface area contributed by atoms with Gasteiger partial charge in [0.25, 0.3) is 0 Å². The minimum absolute atomic E-state index is 0.110. The van der Waals surface area contributed by atoms with Crippen LogP contribution in [0.2, 0.25) is 0 Å². The van der Waals surface area contributed by atoms with Crippen molar-refractivity contribution in [1.29, 1.82) is 0 Å². The molecule has 0 radical (unpaired) electrons. The Balaban J connectivity index is 1.20. The minimum Gasteiger partial charge on any atom is -0.507 e. The summed E-state index contributed by atoms with van der Waals surface area (Å²) < 4.78 is 1.81. The van der Waals surface area contributed by atoms with Crippen LogP contribution in [0.25, 0.3) is 0 Å². The molecule has 0 spiro atoms. The van der Waals surface area contributed by atoms with Gasteiger partial charge >= 0.3 is 0 Å². The second-order valence-corrected chi connectivity index (χ2v) is 10.6. The van der Waals surface area contributed by atoms with Gasteiger partial charge in [0, 0.05) is 15.8 Å². The first kappa shape index (κ1) is 24.2. The number of hydrogen-bond acceptors (Lipinski definition) is 11. The number of phenols is 1. The Bertz CT molecular complexity index is 1300. The minimum atomic E-state index is -0.235. The molecule has 34 heavy (non-hydrogen) atoms. The number of phenolic OH excluding ortho intramolecular Hbond substituents is 1. The lowest BCUT2D eigenvalue weighted by atomic mass is 10.2. The number of para-hydroxylation sites is 1. The summed E-state index contributed by atoms with van der Waals surface area (Å²) in [6.07, 6.45) is 1.46. The van der Waals surface area contributed by atoms with E-state index in [0.29, 0.717) is 21.8 Å². The van der Waals surface area contributed by atoms with E-state index in [1.807, 2.05) is 18.2 Å². The molecule has 1 amide bonds. The number of nitrogens with one attached hydrogen (secondary N) is 3. The first-order valence-electron chi connectivity index (χ1n) is 9.68. The molecule has 4 aromatic rings. The number of aromatic amines is 1. The summed E-state index contributed by atoms with van der Waals surface area (Å²) in [6, 6.07) is 14.9. The van der Waals surface area contributed by atoms with Gasteiger partial charge in [-0.15, -0.1) is 15.3 Å². The van der Waals surface area contributed by atoms with Crippen molar-refractivity contribution < 1.29 is 9.90 Å². The van der Waals surface area contributed by atoms with E-state index in [9.17, 15) is 9.90 Å². The highest BCUT2D eigenvalue weighted by atomic mass is 79.9. The van der Waals surface area contributed by atoms with Crippen molar-refractivity contribution in [2.45, 2.75) is 15.2 Å². The molecular weight excluding hydrogens is 560 g/mol. The zero-order valence-corrected chi connectivity index (χ0v) is 21.3. The van der Waals surface area contributed by atoms with Crippen LogP contribution in [0.3, 0.4) is 0 Å². The molecule has 2 heterocycles. The average Bonchev–Trinajstić information content (AvgIpc) is 3.47. The molecule has 4 rings (SSSR count). The van der Waals surface area contributed by atoms with Gasteiger partial charge in [0.15, 0.2) is 4.34 Å². The van der Waals surface area contributed by atoms with Crippen molar-refractivity contribution in [3.63, 3.8) is 0 Å². The largest absolute Gasteiger partial charge is 0.507 e. The van der Waals surface area contributed by atoms with Crippen LogP contribution in [0, 0.1) is 0 Å². The second-order valence-electron chi connectivity index (χ2n) is 6.52. The zero-order chi connectivity index (χ0) is 23.8. The molecule has 14 heteroatoms. The number of anilines is 2. The number of aromatic hydroxyl groups is 1. The van der Waals surface area contributed by atoms with E-state index >= 15 is 0 Å². The van der Waals surface area contributed by atoms with Gasteiger partial charge < -0.3 is 5.11 Å². The van der Waals surface area contributed by atoms with E-state index in [-0.39, 0.29) is 17.4 Å². The van der Waals surface area contributed by atoms with Crippen LogP contribution >= 0.6 is 50.8 Å². The molecule has 0 saturated heterocycles. The summed E-state index contributed by atoms with van der Waals surface area (Å²) in [5.41, 5.74) is 4.42. The van der Waals surface area contributed by atoms with Crippen LogP contribution < -0.4 is 10.7 Å². The van der Waals surface area contributed by atoms with Gasteiger partial charge in [0.05, 0.1) is 12.0 Å². The predicted molar refractivity (Wildman–Crippen MR) is 139 cm³/mol. The maximum atomic E-state index is 12.2. The van der Waals surface area contributed by atoms with Crippen molar-refractivity contribution in [3.05, 3.63) is 64.1 Å². The van der Waals surface area contributed by atoms with E-state index in [1.54, 1.807) is 36.0 Å². The fraction of sp³-hybridized carbons (Fsp3) is 0.100. The van der Waals surface area contributed by atoms with Crippen LogP contribution in [0.1, 0.15) is 11.1 Å². The number of carbonyl (C=O) groups is 1. The number of amides is 1. The SMILES string of the molecule is O=C(CSc1n[nH]c(N/N=C/c2ccccc2O)n1)Nc1nnc(SCc2cccc(Br)c2)s1. The molecule has 0 bridgehead atoms. The molecule has 0 aliphatic carbocycles. The lowest BCUT2D eigenvalue weighted by Gasteiger charge is -1.99. The Morgan fingerprint density at radius 1 is 1.21 bits per heavy atom. The Morgan fingerprint density at radius 3 is 2.94 bits per heavy atom. The summed E-state index contributed by atoms with van der Waals surface area (Å²) >= 11 is 7.51. The molecule has 2 aromatic heterocycles. The number of H-pyrrole nitrogens is 1. The predicted octanol–water partition coefficient (Wildman–Crippen LogP) is 4.59. The van der Waals surface area contributed by atoms with E-state index in [4.69, 9.17) is 0 Å². The van der Waals surface area contributed by atoms with Crippen molar-refractivity contribution in [2.24, 2.45) is 5.10 Å². The highest BCUT2D eigenvalue weighted by molar-refractivity contribution is 9.10. The van der Waals surface area contributed by atoms with Gasteiger partial charge in [0.1, 0.15) is 5.75 Å². The van der Waals surface area contributed by atoms with Crippen LogP contribution in [0.5, 0.6) is 5.75 Å². The van der Waals surface area contributed by atoms with Crippen molar-refractivity contribution in [1.82, 2.24) is 25.4 Å². The third kappa shape index (κ3) is 7.28. The second kappa shape index (κ2) is 12.0. The smallest absolute Gasteiger partial charge is 0.240 e. The number of rotatable bonds is 10. The maximum Gasteiger partial charge on any atom is 0.240 e. The highest BCUT2D eigenvalue weighted by Crippen LogP contribution is 2.29. The van der Waals surface area contributed by atoms with Crippen molar-refractivity contribution in [3.8, 4) is 5.75 Å². The topological polar surface area (TPSA) is 141 Å². The molecular formula is C20H17BrN8O2S3. The first-order valence-corrected chi connectivity index (χ1v) is 13.3. The quantitative estimate of drug-likeness (QED) is 0.0922. The van der Waals surface area contributed by atoms with Gasteiger partial charge in [-0.1, -0.05) is 75.1 Å². The van der Waals surface area contributed by atoms with Crippen LogP contribution in [0.4, 0.5) is 11.1 Å². The molecule has 2 aromatic carbocycles. The van der Waals surface area contributed by atoms with Gasteiger partial charge in [-0.05, 0) is 29.8 Å². The number of thioether (sulfide) groups is 2. The standard InChI is InChI=1S/C20H17BrN8O2S3/c21-14-6-3-4-12(8-14)10-33-20-29-28-19(34-20)23-16(31)11-32-18-24-17(26-27-18)25-22-9-13-5-1-2-7-15(13)30/h1-9,30H,10-11H2,(H,23,28,31)(H2,24,25,26,27)/b22-9+. The monoisotopic (exact) mass is 576 g/mol. The molecule has 0 fully saturated rings. The van der Waals surface area contributed by atoms with Crippen LogP contribution in [-0.4, -0.2) is 48.4 Å². The summed E-state index contributed by atoms with van der Waals surface area (Å²) in [5.74, 6) is 1.07. The lowest BCUT2D eigenvalue weighted by molar-refractivity contribution is -0.113. The molecule has 0 aliphatic heterocycles. The molecule has 174 valence electrons. The van der Waals surface area contributed by atoms with Gasteiger partial charge in [-0.2, -0.15) is 10.1 Å². The molecule has 4 N–H and O–H groups in total.